The third-order valence-corrected chi connectivity index (χ3v) is 4.79. The van der Waals surface area contributed by atoms with Gasteiger partial charge in [-0.15, -0.1) is 0 Å². The Morgan fingerprint density at radius 1 is 1.08 bits per heavy atom. The Balaban J connectivity index is 1.50. The van der Waals surface area contributed by atoms with E-state index in [0.717, 1.165) is 17.0 Å². The molecule has 3 heterocycles. The molecular formula is C18H20N4O4. The summed E-state index contributed by atoms with van der Waals surface area (Å²) in [5.41, 5.74) is 2.98. The zero-order valence-electron chi connectivity index (χ0n) is 14.3. The van der Waals surface area contributed by atoms with Gasteiger partial charge in [-0.1, -0.05) is 12.1 Å². The van der Waals surface area contributed by atoms with Gasteiger partial charge in [0.1, 0.15) is 5.82 Å². The number of hydrogen-bond donors (Lipinski definition) is 2. The largest absolute Gasteiger partial charge is 0.478 e. The summed E-state index contributed by atoms with van der Waals surface area (Å²) < 4.78 is 5.30. The van der Waals surface area contributed by atoms with Crippen molar-refractivity contribution in [3.63, 3.8) is 0 Å². The quantitative estimate of drug-likeness (QED) is 0.851. The van der Waals surface area contributed by atoms with Crippen molar-refractivity contribution in [2.24, 2.45) is 0 Å². The second-order valence-electron chi connectivity index (χ2n) is 6.45. The number of imidazole rings is 1. The molecule has 1 aromatic carbocycles. The lowest BCUT2D eigenvalue weighted by molar-refractivity contribution is 0.0420. The zero-order chi connectivity index (χ0) is 18.1. The van der Waals surface area contributed by atoms with Gasteiger partial charge in [0.25, 0.3) is 0 Å². The molecule has 2 aliphatic heterocycles. The maximum Gasteiger partial charge on any atom is 0.335 e. The monoisotopic (exact) mass is 356 g/mol. The number of ether oxygens (including phenoxy) is 1. The standard InChI is InChI=1S/C18H20N4O4/c23-17(24)13-3-1-12(2-4-13)16-19-14-5-6-22(11-15(14)20-16)18(25)21-7-9-26-10-8-21/h1-4H,5-11H2,(H,19,20)(H,23,24). The summed E-state index contributed by atoms with van der Waals surface area (Å²) in [6, 6.07) is 6.65. The minimum atomic E-state index is -0.951. The molecule has 8 nitrogen and oxygen atoms in total. The van der Waals surface area contributed by atoms with Gasteiger partial charge in [0.2, 0.25) is 0 Å². The summed E-state index contributed by atoms with van der Waals surface area (Å²) in [7, 11) is 0. The average molecular weight is 356 g/mol. The van der Waals surface area contributed by atoms with E-state index in [9.17, 15) is 9.59 Å². The first-order valence-corrected chi connectivity index (χ1v) is 8.65. The van der Waals surface area contributed by atoms with Gasteiger partial charge < -0.3 is 24.6 Å². The molecule has 1 fully saturated rings. The Hall–Kier alpha value is -2.87. The van der Waals surface area contributed by atoms with Crippen LogP contribution >= 0.6 is 0 Å². The molecule has 0 bridgehead atoms. The van der Waals surface area contributed by atoms with E-state index in [4.69, 9.17) is 9.84 Å². The van der Waals surface area contributed by atoms with Crippen LogP contribution in [-0.2, 0) is 17.7 Å². The number of fused-ring (bicyclic) bond motifs is 1. The van der Waals surface area contributed by atoms with Gasteiger partial charge in [-0.2, -0.15) is 0 Å². The second-order valence-corrected chi connectivity index (χ2v) is 6.45. The van der Waals surface area contributed by atoms with Crippen LogP contribution in [0.1, 0.15) is 21.7 Å². The number of morpholine rings is 1. The maximum atomic E-state index is 12.6. The molecule has 2 N–H and O–H groups in total. The molecule has 0 spiro atoms. The molecule has 0 radical (unpaired) electrons. The number of aromatic amines is 1. The van der Waals surface area contributed by atoms with Crippen molar-refractivity contribution < 1.29 is 19.4 Å². The molecule has 136 valence electrons. The highest BCUT2D eigenvalue weighted by Gasteiger charge is 2.28. The van der Waals surface area contributed by atoms with E-state index in [1.807, 2.05) is 9.80 Å². The lowest BCUT2D eigenvalue weighted by Gasteiger charge is -2.34. The molecule has 0 saturated carbocycles. The topological polar surface area (TPSA) is 98.8 Å². The molecule has 2 amide bonds. The van der Waals surface area contributed by atoms with Crippen molar-refractivity contribution in [1.82, 2.24) is 19.8 Å². The predicted octanol–water partition coefficient (Wildman–Crippen LogP) is 1.59. The number of rotatable bonds is 2. The number of aromatic carboxylic acids is 1. The highest BCUT2D eigenvalue weighted by atomic mass is 16.5. The third kappa shape index (κ3) is 3.15. The fraction of sp³-hybridized carbons (Fsp3) is 0.389. The van der Waals surface area contributed by atoms with Crippen molar-refractivity contribution in [2.75, 3.05) is 32.8 Å². The molecule has 1 aromatic heterocycles. The van der Waals surface area contributed by atoms with Gasteiger partial charge in [0.15, 0.2) is 0 Å². The van der Waals surface area contributed by atoms with Gasteiger partial charge >= 0.3 is 12.0 Å². The first-order chi connectivity index (χ1) is 12.6. The van der Waals surface area contributed by atoms with Gasteiger partial charge in [-0.25, -0.2) is 14.6 Å². The molecule has 2 aliphatic rings. The Morgan fingerprint density at radius 2 is 1.81 bits per heavy atom. The lowest BCUT2D eigenvalue weighted by Crippen LogP contribution is -2.49. The van der Waals surface area contributed by atoms with Crippen LogP contribution in [0.2, 0.25) is 0 Å². The third-order valence-electron chi connectivity index (χ3n) is 4.79. The summed E-state index contributed by atoms with van der Waals surface area (Å²) >= 11 is 0. The Kier molecular flexibility index (Phi) is 4.34. The summed E-state index contributed by atoms with van der Waals surface area (Å²) in [5, 5.41) is 8.99. The van der Waals surface area contributed by atoms with Crippen molar-refractivity contribution in [2.45, 2.75) is 13.0 Å². The van der Waals surface area contributed by atoms with E-state index < -0.39 is 5.97 Å². The van der Waals surface area contributed by atoms with Crippen molar-refractivity contribution >= 4 is 12.0 Å². The van der Waals surface area contributed by atoms with Crippen LogP contribution in [0, 0.1) is 0 Å². The smallest absolute Gasteiger partial charge is 0.335 e. The molecule has 2 aromatic rings. The number of carboxylic acid groups (broad SMARTS) is 1. The lowest BCUT2D eigenvalue weighted by atomic mass is 10.1. The first kappa shape index (κ1) is 16.6. The summed E-state index contributed by atoms with van der Waals surface area (Å²) in [6.45, 7) is 3.59. The predicted molar refractivity (Wildman–Crippen MR) is 92.9 cm³/mol. The second kappa shape index (κ2) is 6.80. The van der Waals surface area contributed by atoms with E-state index >= 15 is 0 Å². The van der Waals surface area contributed by atoms with Gasteiger partial charge in [0, 0.05) is 31.6 Å². The number of nitrogens with zero attached hydrogens (tertiary/aromatic N) is 3. The number of benzene rings is 1. The van der Waals surface area contributed by atoms with Crippen LogP contribution in [-0.4, -0.2) is 69.7 Å². The van der Waals surface area contributed by atoms with Crippen molar-refractivity contribution in [3.05, 3.63) is 41.2 Å². The Morgan fingerprint density at radius 3 is 2.50 bits per heavy atom. The number of H-pyrrole nitrogens is 1. The fourth-order valence-corrected chi connectivity index (χ4v) is 3.32. The minimum absolute atomic E-state index is 0.0425. The number of nitrogens with one attached hydrogen (secondary N) is 1. The number of aromatic nitrogens is 2. The maximum absolute atomic E-state index is 12.6. The van der Waals surface area contributed by atoms with Crippen molar-refractivity contribution in [1.29, 1.82) is 0 Å². The number of carboxylic acids is 1. The molecule has 4 rings (SSSR count). The van der Waals surface area contributed by atoms with Crippen LogP contribution in [0.3, 0.4) is 0 Å². The Bertz CT molecular complexity index is 824. The van der Waals surface area contributed by atoms with Gasteiger partial charge in [-0.05, 0) is 12.1 Å². The summed E-state index contributed by atoms with van der Waals surface area (Å²) in [6.07, 6.45) is 0.703. The number of carbonyl (C=O) groups is 2. The minimum Gasteiger partial charge on any atom is -0.478 e. The van der Waals surface area contributed by atoms with Crippen LogP contribution in [0.4, 0.5) is 4.79 Å². The first-order valence-electron chi connectivity index (χ1n) is 8.65. The fourth-order valence-electron chi connectivity index (χ4n) is 3.32. The van der Waals surface area contributed by atoms with Crippen LogP contribution in [0.15, 0.2) is 24.3 Å². The average Bonchev–Trinajstić information content (AvgIpc) is 3.11. The molecule has 26 heavy (non-hydrogen) atoms. The number of amides is 2. The molecule has 0 atom stereocenters. The summed E-state index contributed by atoms with van der Waals surface area (Å²) in [5.74, 6) is -0.250. The number of urea groups is 1. The number of hydrogen-bond acceptors (Lipinski definition) is 4. The highest BCUT2D eigenvalue weighted by molar-refractivity contribution is 5.88. The van der Waals surface area contributed by atoms with Crippen molar-refractivity contribution in [3.8, 4) is 11.4 Å². The van der Waals surface area contributed by atoms with Crippen LogP contribution < -0.4 is 0 Å². The van der Waals surface area contributed by atoms with Gasteiger partial charge in [-0.3, -0.25) is 0 Å². The zero-order valence-corrected chi connectivity index (χ0v) is 14.3. The van der Waals surface area contributed by atoms with E-state index in [1.54, 1.807) is 24.3 Å². The van der Waals surface area contributed by atoms with Gasteiger partial charge in [0.05, 0.1) is 36.7 Å². The molecule has 1 saturated heterocycles. The SMILES string of the molecule is O=C(O)c1ccc(-c2nc3c([nH]2)CN(C(=O)N2CCOCC2)CC3)cc1. The molecule has 8 heteroatoms. The summed E-state index contributed by atoms with van der Waals surface area (Å²) in [4.78, 5) is 35.2. The highest BCUT2D eigenvalue weighted by Crippen LogP contribution is 2.24. The van der Waals surface area contributed by atoms with E-state index in [0.29, 0.717) is 51.6 Å². The van der Waals surface area contributed by atoms with E-state index in [1.165, 1.54) is 0 Å². The Labute approximate surface area is 150 Å². The van der Waals surface area contributed by atoms with Crippen LogP contribution in [0.5, 0.6) is 0 Å². The number of carbonyl (C=O) groups excluding carboxylic acids is 1. The molecule has 0 unspecified atom stereocenters. The normalized spacial score (nSPS) is 17.1. The van der Waals surface area contributed by atoms with E-state index in [-0.39, 0.29) is 11.6 Å². The van der Waals surface area contributed by atoms with E-state index in [2.05, 4.69) is 9.97 Å². The molecular weight excluding hydrogens is 336 g/mol. The molecule has 0 aliphatic carbocycles. The van der Waals surface area contributed by atoms with Crippen LogP contribution in [0.25, 0.3) is 11.4 Å².